The molecule has 0 aromatic carbocycles. The average molecular weight is 284 g/mol. The van der Waals surface area contributed by atoms with E-state index in [2.05, 4.69) is 9.37 Å². The van der Waals surface area contributed by atoms with E-state index in [-0.39, 0.29) is 24.4 Å². The predicted octanol–water partition coefficient (Wildman–Crippen LogP) is 1.58. The Balaban J connectivity index is 2.72. The van der Waals surface area contributed by atoms with Crippen molar-refractivity contribution in [2.75, 3.05) is 14.2 Å². The van der Waals surface area contributed by atoms with Crippen LogP contribution in [0, 0.1) is 0 Å². The molecule has 1 aliphatic rings. The van der Waals surface area contributed by atoms with E-state index in [1.54, 1.807) is 14.2 Å². The van der Waals surface area contributed by atoms with Crippen molar-refractivity contribution in [3.63, 3.8) is 0 Å². The molecule has 0 radical (unpaired) electrons. The van der Waals surface area contributed by atoms with Gasteiger partial charge in [-0.1, -0.05) is 12.0 Å². The fourth-order valence-corrected chi connectivity index (χ4v) is 2.59. The van der Waals surface area contributed by atoms with Crippen LogP contribution in [-0.4, -0.2) is 50.0 Å². The second kappa shape index (κ2) is 8.28. The molecule has 0 saturated carbocycles. The molecule has 0 amide bonds. The summed E-state index contributed by atoms with van der Waals surface area (Å²) in [5.41, 5.74) is 0. The fourth-order valence-electron chi connectivity index (χ4n) is 2.22. The van der Waals surface area contributed by atoms with Gasteiger partial charge in [0.25, 0.3) is 0 Å². The van der Waals surface area contributed by atoms with Gasteiger partial charge in [-0.25, -0.2) is 5.26 Å². The van der Waals surface area contributed by atoms with Crippen molar-refractivity contribution in [3.05, 3.63) is 0 Å². The molecule has 1 saturated heterocycles. The van der Waals surface area contributed by atoms with Crippen molar-refractivity contribution in [1.82, 2.24) is 0 Å². The van der Waals surface area contributed by atoms with Crippen LogP contribution in [0.3, 0.4) is 0 Å². The van der Waals surface area contributed by atoms with Crippen LogP contribution in [0.25, 0.3) is 0 Å². The summed E-state index contributed by atoms with van der Waals surface area (Å²) in [6, 6.07) is 0. The Hall–Kier alpha value is 0.0700. The second-order valence-corrected chi connectivity index (χ2v) is 4.42. The van der Waals surface area contributed by atoms with Crippen molar-refractivity contribution in [3.8, 4) is 0 Å². The number of hydrogen-bond acceptors (Lipinski definition) is 8. The lowest BCUT2D eigenvalue weighted by atomic mass is 9.94. The topological polar surface area (TPSA) is 75.6 Å². The van der Waals surface area contributed by atoms with Gasteiger partial charge in [-0.3, -0.25) is 4.18 Å². The summed E-state index contributed by atoms with van der Waals surface area (Å²) in [6.07, 6.45) is -0.405. The van der Waals surface area contributed by atoms with Crippen molar-refractivity contribution in [1.29, 1.82) is 0 Å². The van der Waals surface area contributed by atoms with E-state index < -0.39 is 6.10 Å². The standard InChI is InChI=1S/C10H20O7S/c1-5-7-9(13-4)10(15-18-17-16-11)8(12-3)6(2)14-7/h6-11H,5H2,1-4H3/t6-,7+,8?,9-,10?/m1/s1. The summed E-state index contributed by atoms with van der Waals surface area (Å²) in [5.74, 6) is 0. The molecule has 0 spiro atoms. The average Bonchev–Trinajstić information content (AvgIpc) is 2.38. The minimum atomic E-state index is -0.395. The van der Waals surface area contributed by atoms with E-state index in [0.717, 1.165) is 6.42 Å². The van der Waals surface area contributed by atoms with Crippen LogP contribution in [0.4, 0.5) is 0 Å². The third-order valence-electron chi connectivity index (χ3n) is 3.02. The van der Waals surface area contributed by atoms with Gasteiger partial charge in [-0.2, -0.15) is 0 Å². The Kier molecular flexibility index (Phi) is 7.42. The molecule has 1 rings (SSSR count). The maximum atomic E-state index is 8.08. The van der Waals surface area contributed by atoms with Crippen molar-refractivity contribution >= 4 is 12.3 Å². The van der Waals surface area contributed by atoms with E-state index in [1.807, 2.05) is 13.8 Å². The first-order valence-electron chi connectivity index (χ1n) is 5.70. The first-order chi connectivity index (χ1) is 8.69. The largest absolute Gasteiger partial charge is 0.376 e. The molecule has 1 aliphatic heterocycles. The Morgan fingerprint density at radius 1 is 1.17 bits per heavy atom. The highest BCUT2D eigenvalue weighted by molar-refractivity contribution is 7.89. The molecule has 8 heteroatoms. The van der Waals surface area contributed by atoms with Crippen LogP contribution >= 0.6 is 12.3 Å². The van der Waals surface area contributed by atoms with Gasteiger partial charge >= 0.3 is 0 Å². The Labute approximate surface area is 111 Å². The first kappa shape index (κ1) is 16.1. The summed E-state index contributed by atoms with van der Waals surface area (Å²) < 4.78 is 26.2. The van der Waals surface area contributed by atoms with E-state index in [0.29, 0.717) is 12.3 Å². The molecule has 0 aromatic heterocycles. The van der Waals surface area contributed by atoms with Crippen molar-refractivity contribution in [2.45, 2.75) is 50.8 Å². The third kappa shape index (κ3) is 3.78. The van der Waals surface area contributed by atoms with Gasteiger partial charge in [0.1, 0.15) is 18.3 Å². The number of ether oxygens (including phenoxy) is 3. The molecule has 7 nitrogen and oxygen atoms in total. The van der Waals surface area contributed by atoms with Crippen LogP contribution in [-0.2, 0) is 27.8 Å². The maximum absolute atomic E-state index is 8.08. The molecule has 2 unspecified atom stereocenters. The van der Waals surface area contributed by atoms with Crippen LogP contribution < -0.4 is 0 Å². The molecule has 18 heavy (non-hydrogen) atoms. The lowest BCUT2D eigenvalue weighted by molar-refractivity contribution is -0.434. The number of hydrogen-bond donors (Lipinski definition) is 1. The van der Waals surface area contributed by atoms with Crippen LogP contribution in [0.1, 0.15) is 20.3 Å². The van der Waals surface area contributed by atoms with Crippen molar-refractivity contribution < 1.29 is 33.0 Å². The van der Waals surface area contributed by atoms with Gasteiger partial charge in [0.15, 0.2) is 12.3 Å². The van der Waals surface area contributed by atoms with E-state index in [1.165, 1.54) is 0 Å². The molecular weight excluding hydrogens is 264 g/mol. The summed E-state index contributed by atoms with van der Waals surface area (Å²) >= 11 is 0.525. The lowest BCUT2D eigenvalue weighted by Crippen LogP contribution is -2.58. The van der Waals surface area contributed by atoms with Gasteiger partial charge in [-0.05, 0) is 13.3 Å². The molecule has 108 valence electrons. The molecule has 0 aromatic rings. The predicted molar refractivity (Wildman–Crippen MR) is 63.5 cm³/mol. The molecule has 0 bridgehead atoms. The lowest BCUT2D eigenvalue weighted by Gasteiger charge is -2.43. The first-order valence-corrected chi connectivity index (χ1v) is 6.37. The van der Waals surface area contributed by atoms with Crippen LogP contribution in [0.5, 0.6) is 0 Å². The van der Waals surface area contributed by atoms with Crippen LogP contribution in [0.2, 0.25) is 0 Å². The zero-order valence-electron chi connectivity index (χ0n) is 10.9. The van der Waals surface area contributed by atoms with E-state index >= 15 is 0 Å². The van der Waals surface area contributed by atoms with Gasteiger partial charge in [0, 0.05) is 14.2 Å². The van der Waals surface area contributed by atoms with Gasteiger partial charge < -0.3 is 14.2 Å². The molecule has 1 N–H and O–H groups in total. The summed E-state index contributed by atoms with van der Waals surface area (Å²) in [4.78, 5) is 0. The molecule has 5 atom stereocenters. The van der Waals surface area contributed by atoms with Gasteiger partial charge in [0.05, 0.1) is 12.2 Å². The fraction of sp³-hybridized carbons (Fsp3) is 1.00. The molecule has 1 fully saturated rings. The SMILES string of the molecule is CC[C@@H]1O[C@H](C)C(OC)C(OSOOO)[C@@H]1OC. The van der Waals surface area contributed by atoms with Gasteiger partial charge in [0.2, 0.25) is 0 Å². The quantitative estimate of drug-likeness (QED) is 0.327. The molecular formula is C10H20O7S. The zero-order valence-corrected chi connectivity index (χ0v) is 11.7. The molecule has 0 aliphatic carbocycles. The van der Waals surface area contributed by atoms with E-state index in [9.17, 15) is 0 Å². The Morgan fingerprint density at radius 3 is 2.33 bits per heavy atom. The highest BCUT2D eigenvalue weighted by Crippen LogP contribution is 2.31. The smallest absolute Gasteiger partial charge is 0.198 e. The normalized spacial score (nSPS) is 36.8. The summed E-state index contributed by atoms with van der Waals surface area (Å²) in [5, 5.41) is 11.6. The maximum Gasteiger partial charge on any atom is 0.198 e. The van der Waals surface area contributed by atoms with Gasteiger partial charge in [-0.15, -0.1) is 4.33 Å². The minimum absolute atomic E-state index is 0.0861. The van der Waals surface area contributed by atoms with E-state index in [4.69, 9.17) is 23.7 Å². The Morgan fingerprint density at radius 2 is 1.83 bits per heavy atom. The number of rotatable bonds is 7. The minimum Gasteiger partial charge on any atom is -0.376 e. The highest BCUT2D eigenvalue weighted by Gasteiger charge is 2.45. The van der Waals surface area contributed by atoms with Crippen molar-refractivity contribution in [2.24, 2.45) is 0 Å². The third-order valence-corrected chi connectivity index (χ3v) is 3.44. The number of methoxy groups -OCH3 is 2. The molecule has 1 heterocycles. The summed E-state index contributed by atoms with van der Waals surface area (Å²) in [6.45, 7) is 3.92. The zero-order chi connectivity index (χ0) is 13.5. The van der Waals surface area contributed by atoms with Crippen LogP contribution in [0.15, 0.2) is 0 Å². The summed E-state index contributed by atoms with van der Waals surface area (Å²) in [7, 11) is 3.16. The highest BCUT2D eigenvalue weighted by atomic mass is 32.2. The Bertz CT molecular complexity index is 230. The second-order valence-electron chi connectivity index (χ2n) is 3.96. The monoisotopic (exact) mass is 284 g/mol.